The smallest absolute Gasteiger partial charge is 0.258 e. The SMILES string of the molecule is O=[N+]([O-])c1ccc(S(=O)(=O)N[C@@H]2C[C@@H]2c2ccccc2)s1. The predicted octanol–water partition coefficient (Wildman–Crippen LogP) is 2.49. The molecule has 6 nitrogen and oxygen atoms in total. The Morgan fingerprint density at radius 1 is 1.19 bits per heavy atom. The van der Waals surface area contributed by atoms with Crippen LogP contribution in [0.15, 0.2) is 46.7 Å². The third-order valence-corrected chi connectivity index (χ3v) is 6.36. The predicted molar refractivity (Wildman–Crippen MR) is 78.9 cm³/mol. The molecule has 1 N–H and O–H groups in total. The first kappa shape index (κ1) is 14.2. The van der Waals surface area contributed by atoms with Gasteiger partial charge in [0.05, 0.1) is 4.92 Å². The van der Waals surface area contributed by atoms with Crippen LogP contribution in [0.5, 0.6) is 0 Å². The van der Waals surface area contributed by atoms with Crippen LogP contribution in [-0.2, 0) is 10.0 Å². The summed E-state index contributed by atoms with van der Waals surface area (Å²) in [6.07, 6.45) is 0.747. The molecule has 2 atom stereocenters. The van der Waals surface area contributed by atoms with E-state index in [1.54, 1.807) is 0 Å². The molecule has 1 heterocycles. The van der Waals surface area contributed by atoms with Crippen LogP contribution in [0.4, 0.5) is 5.00 Å². The molecule has 0 aliphatic heterocycles. The van der Waals surface area contributed by atoms with Crippen LogP contribution in [0.2, 0.25) is 0 Å². The van der Waals surface area contributed by atoms with Gasteiger partial charge in [-0.15, -0.1) is 0 Å². The van der Waals surface area contributed by atoms with E-state index in [9.17, 15) is 18.5 Å². The third kappa shape index (κ3) is 2.97. The van der Waals surface area contributed by atoms with Crippen molar-refractivity contribution < 1.29 is 13.3 Å². The summed E-state index contributed by atoms with van der Waals surface area (Å²) in [5, 5.41) is 10.4. The molecule has 0 bridgehead atoms. The van der Waals surface area contributed by atoms with Crippen molar-refractivity contribution in [3.05, 3.63) is 58.1 Å². The zero-order chi connectivity index (χ0) is 15.0. The highest BCUT2D eigenvalue weighted by molar-refractivity contribution is 7.91. The zero-order valence-corrected chi connectivity index (χ0v) is 12.4. The highest BCUT2D eigenvalue weighted by Crippen LogP contribution is 2.42. The number of nitro groups is 1. The standard InChI is InChI=1S/C13H12N2O4S2/c16-15(17)12-6-7-13(20-12)21(18,19)14-11-8-10(11)9-4-2-1-3-5-9/h1-7,10-11,14H,8H2/t10-,11-/m1/s1. The molecule has 1 aliphatic carbocycles. The minimum atomic E-state index is -3.69. The lowest BCUT2D eigenvalue weighted by molar-refractivity contribution is -0.380. The fourth-order valence-corrected chi connectivity index (χ4v) is 4.62. The fraction of sp³-hybridized carbons (Fsp3) is 0.231. The van der Waals surface area contributed by atoms with E-state index in [1.807, 2.05) is 30.3 Å². The summed E-state index contributed by atoms with van der Waals surface area (Å²) in [4.78, 5) is 10.0. The van der Waals surface area contributed by atoms with Crippen LogP contribution in [0.1, 0.15) is 17.9 Å². The van der Waals surface area contributed by atoms with E-state index < -0.39 is 14.9 Å². The summed E-state index contributed by atoms with van der Waals surface area (Å²) in [6, 6.07) is 12.0. The van der Waals surface area contributed by atoms with E-state index in [4.69, 9.17) is 0 Å². The number of benzene rings is 1. The van der Waals surface area contributed by atoms with Crippen LogP contribution in [0, 0.1) is 10.1 Å². The average molecular weight is 324 g/mol. The molecule has 3 rings (SSSR count). The lowest BCUT2D eigenvalue weighted by atomic mass is 10.1. The minimum Gasteiger partial charge on any atom is -0.258 e. The van der Waals surface area contributed by atoms with Gasteiger partial charge in [-0.25, -0.2) is 13.1 Å². The van der Waals surface area contributed by atoms with Gasteiger partial charge in [-0.3, -0.25) is 10.1 Å². The largest absolute Gasteiger partial charge is 0.325 e. The summed E-state index contributed by atoms with van der Waals surface area (Å²) >= 11 is 0.665. The number of hydrogen-bond acceptors (Lipinski definition) is 5. The Balaban J connectivity index is 1.71. The quantitative estimate of drug-likeness (QED) is 0.676. The molecular formula is C13H12N2O4S2. The Kier molecular flexibility index (Phi) is 3.52. The van der Waals surface area contributed by atoms with Gasteiger partial charge >= 0.3 is 5.00 Å². The summed E-state index contributed by atoms with van der Waals surface area (Å²) in [5.74, 6) is 0.177. The molecule has 0 saturated heterocycles. The molecule has 2 aromatic rings. The normalized spacial score (nSPS) is 21.1. The molecule has 1 aliphatic rings. The average Bonchev–Trinajstić information content (AvgIpc) is 3.01. The maximum Gasteiger partial charge on any atom is 0.325 e. The second-order valence-corrected chi connectivity index (χ2v) is 7.83. The van der Waals surface area contributed by atoms with Gasteiger partial charge in [-0.1, -0.05) is 30.3 Å². The molecule has 0 radical (unpaired) electrons. The molecule has 8 heteroatoms. The molecule has 0 amide bonds. The van der Waals surface area contributed by atoms with Gasteiger partial charge in [0.2, 0.25) is 0 Å². The molecule has 0 spiro atoms. The fourth-order valence-electron chi connectivity index (χ4n) is 2.20. The summed E-state index contributed by atoms with van der Waals surface area (Å²) < 4.78 is 26.9. The van der Waals surface area contributed by atoms with Gasteiger partial charge in [0.25, 0.3) is 10.0 Å². The third-order valence-electron chi connectivity index (χ3n) is 3.34. The van der Waals surface area contributed by atoms with E-state index in [2.05, 4.69) is 4.72 Å². The topological polar surface area (TPSA) is 89.3 Å². The van der Waals surface area contributed by atoms with Crippen molar-refractivity contribution in [3.8, 4) is 0 Å². The number of rotatable bonds is 5. The van der Waals surface area contributed by atoms with Gasteiger partial charge in [0.15, 0.2) is 0 Å². The van der Waals surface area contributed by atoms with Crippen LogP contribution in [-0.4, -0.2) is 19.4 Å². The monoisotopic (exact) mass is 324 g/mol. The van der Waals surface area contributed by atoms with Gasteiger partial charge in [-0.05, 0) is 29.4 Å². The number of hydrogen-bond donors (Lipinski definition) is 1. The summed E-state index contributed by atoms with van der Waals surface area (Å²) in [6.45, 7) is 0. The molecule has 1 saturated carbocycles. The molecule has 1 fully saturated rings. The second-order valence-electron chi connectivity index (χ2n) is 4.83. The van der Waals surface area contributed by atoms with Crippen molar-refractivity contribution in [2.45, 2.75) is 22.6 Å². The van der Waals surface area contributed by atoms with Crippen molar-refractivity contribution in [3.63, 3.8) is 0 Å². The molecule has 21 heavy (non-hydrogen) atoms. The Bertz CT molecular complexity index is 770. The molecule has 1 aromatic heterocycles. The number of sulfonamides is 1. The van der Waals surface area contributed by atoms with E-state index in [-0.39, 0.29) is 21.2 Å². The number of nitrogens with zero attached hydrogens (tertiary/aromatic N) is 1. The Morgan fingerprint density at radius 2 is 1.90 bits per heavy atom. The summed E-state index contributed by atoms with van der Waals surface area (Å²) in [5.41, 5.74) is 1.10. The van der Waals surface area contributed by atoms with Gasteiger partial charge in [0.1, 0.15) is 4.21 Å². The first-order valence-corrected chi connectivity index (χ1v) is 8.59. The Morgan fingerprint density at radius 3 is 2.52 bits per heavy atom. The molecular weight excluding hydrogens is 312 g/mol. The van der Waals surface area contributed by atoms with Crippen molar-refractivity contribution in [1.82, 2.24) is 4.72 Å². The Hall–Kier alpha value is -1.77. The maximum absolute atomic E-state index is 12.2. The van der Waals surface area contributed by atoms with E-state index in [0.717, 1.165) is 12.0 Å². The Labute approximate surface area is 125 Å². The van der Waals surface area contributed by atoms with Crippen LogP contribution >= 0.6 is 11.3 Å². The lowest BCUT2D eigenvalue weighted by Gasteiger charge is -2.04. The molecule has 0 unspecified atom stereocenters. The second kappa shape index (κ2) is 5.21. The maximum atomic E-state index is 12.2. The van der Waals surface area contributed by atoms with Gasteiger partial charge in [0, 0.05) is 18.0 Å². The van der Waals surface area contributed by atoms with Gasteiger partial charge in [-0.2, -0.15) is 0 Å². The first-order chi connectivity index (χ1) is 9.97. The van der Waals surface area contributed by atoms with Crippen molar-refractivity contribution in [1.29, 1.82) is 0 Å². The molecule has 1 aromatic carbocycles. The first-order valence-electron chi connectivity index (χ1n) is 6.29. The van der Waals surface area contributed by atoms with Crippen LogP contribution < -0.4 is 4.72 Å². The van der Waals surface area contributed by atoms with Crippen LogP contribution in [0.25, 0.3) is 0 Å². The summed E-state index contributed by atoms with van der Waals surface area (Å²) in [7, 11) is -3.69. The van der Waals surface area contributed by atoms with E-state index in [0.29, 0.717) is 11.3 Å². The lowest BCUT2D eigenvalue weighted by Crippen LogP contribution is -2.26. The van der Waals surface area contributed by atoms with Crippen molar-refractivity contribution in [2.75, 3.05) is 0 Å². The van der Waals surface area contributed by atoms with E-state index >= 15 is 0 Å². The van der Waals surface area contributed by atoms with Crippen LogP contribution in [0.3, 0.4) is 0 Å². The highest BCUT2D eigenvalue weighted by atomic mass is 32.2. The van der Waals surface area contributed by atoms with Crippen molar-refractivity contribution >= 4 is 26.4 Å². The number of thiophene rings is 1. The highest BCUT2D eigenvalue weighted by Gasteiger charge is 2.41. The van der Waals surface area contributed by atoms with E-state index in [1.165, 1.54) is 12.1 Å². The van der Waals surface area contributed by atoms with Crippen molar-refractivity contribution in [2.24, 2.45) is 0 Å². The van der Waals surface area contributed by atoms with Gasteiger partial charge < -0.3 is 0 Å². The number of nitrogens with one attached hydrogen (secondary N) is 1. The minimum absolute atomic E-state index is 0.0205. The zero-order valence-electron chi connectivity index (χ0n) is 10.8. The molecule has 110 valence electrons.